The minimum absolute atomic E-state index is 0.259. The first-order chi connectivity index (χ1) is 9.31. The summed E-state index contributed by atoms with van der Waals surface area (Å²) in [5, 5.41) is 9.68. The molecule has 1 unspecified atom stereocenters. The Kier molecular flexibility index (Phi) is 15.0. The molecule has 1 N–H and O–H groups in total. The Hall–Kier alpha value is -0.560. The normalized spacial score (nSPS) is 13.6. The molecule has 1 atom stereocenters. The summed E-state index contributed by atoms with van der Waals surface area (Å²) in [5.74, 6) is 0. The fraction of sp³-hybridized carbons (Fsp3) is 0.778. The maximum Gasteiger partial charge on any atom is 0.0723 e. The van der Waals surface area contributed by atoms with Crippen LogP contribution in [0.25, 0.3) is 0 Å². The van der Waals surface area contributed by atoms with Gasteiger partial charge in [0.15, 0.2) is 0 Å². The molecule has 0 spiro atoms. The van der Waals surface area contributed by atoms with Gasteiger partial charge in [-0.3, -0.25) is 0 Å². The molecule has 0 aliphatic heterocycles. The molecule has 19 heavy (non-hydrogen) atoms. The van der Waals surface area contributed by atoms with Crippen LogP contribution in [0.15, 0.2) is 24.3 Å². The predicted molar refractivity (Wildman–Crippen MR) is 86.4 cm³/mol. The average molecular weight is 266 g/mol. The van der Waals surface area contributed by atoms with E-state index in [1.807, 2.05) is 12.2 Å². The van der Waals surface area contributed by atoms with Gasteiger partial charge in [-0.05, 0) is 19.3 Å². The maximum atomic E-state index is 9.68. The minimum atomic E-state index is -0.259. The van der Waals surface area contributed by atoms with Crippen molar-refractivity contribution in [3.63, 3.8) is 0 Å². The third-order valence-corrected chi connectivity index (χ3v) is 3.41. The van der Waals surface area contributed by atoms with E-state index in [2.05, 4.69) is 26.0 Å². The lowest BCUT2D eigenvalue weighted by atomic mass is 10.1. The lowest BCUT2D eigenvalue weighted by Gasteiger charge is -2.03. The summed E-state index contributed by atoms with van der Waals surface area (Å²) in [7, 11) is 0. The maximum absolute atomic E-state index is 9.68. The van der Waals surface area contributed by atoms with Crippen LogP contribution in [-0.2, 0) is 0 Å². The lowest BCUT2D eigenvalue weighted by molar-refractivity contribution is 0.208. The largest absolute Gasteiger partial charge is 0.389 e. The van der Waals surface area contributed by atoms with E-state index < -0.39 is 0 Å². The van der Waals surface area contributed by atoms with Gasteiger partial charge in [0.05, 0.1) is 6.10 Å². The van der Waals surface area contributed by atoms with Gasteiger partial charge in [0.25, 0.3) is 0 Å². The first-order valence-corrected chi connectivity index (χ1v) is 8.32. The van der Waals surface area contributed by atoms with Crippen molar-refractivity contribution >= 4 is 0 Å². The van der Waals surface area contributed by atoms with Gasteiger partial charge < -0.3 is 5.11 Å². The van der Waals surface area contributed by atoms with Gasteiger partial charge in [-0.2, -0.15) is 0 Å². The van der Waals surface area contributed by atoms with E-state index in [0.717, 1.165) is 12.8 Å². The topological polar surface area (TPSA) is 20.2 Å². The molecule has 0 heterocycles. The molecule has 0 aromatic heterocycles. The monoisotopic (exact) mass is 266 g/mol. The molecule has 0 aliphatic carbocycles. The number of allylic oxidation sites excluding steroid dienone is 3. The van der Waals surface area contributed by atoms with Crippen molar-refractivity contribution in [3.8, 4) is 0 Å². The van der Waals surface area contributed by atoms with Crippen molar-refractivity contribution in [1.29, 1.82) is 0 Å². The highest BCUT2D eigenvalue weighted by Crippen LogP contribution is 2.07. The van der Waals surface area contributed by atoms with Crippen LogP contribution in [0.4, 0.5) is 0 Å². The smallest absolute Gasteiger partial charge is 0.0723 e. The standard InChI is InChI=1S/C18H34O/c1-3-5-7-8-9-10-11-12-13-15-17-18(19)16-14-6-4-2/h12-13,15,17-19H,3-11,14,16H2,1-2H3/b13-12-,17-15+. The van der Waals surface area contributed by atoms with Crippen molar-refractivity contribution in [1.82, 2.24) is 0 Å². The van der Waals surface area contributed by atoms with E-state index in [9.17, 15) is 5.11 Å². The van der Waals surface area contributed by atoms with E-state index >= 15 is 0 Å². The van der Waals surface area contributed by atoms with Crippen LogP contribution >= 0.6 is 0 Å². The van der Waals surface area contributed by atoms with Gasteiger partial charge in [0.1, 0.15) is 0 Å². The van der Waals surface area contributed by atoms with Gasteiger partial charge in [0.2, 0.25) is 0 Å². The fourth-order valence-corrected chi connectivity index (χ4v) is 2.11. The van der Waals surface area contributed by atoms with E-state index in [0.29, 0.717) is 0 Å². The highest BCUT2D eigenvalue weighted by molar-refractivity contribution is 5.04. The second kappa shape index (κ2) is 15.5. The number of rotatable bonds is 13. The van der Waals surface area contributed by atoms with Gasteiger partial charge >= 0.3 is 0 Å². The second-order valence-corrected chi connectivity index (χ2v) is 5.43. The van der Waals surface area contributed by atoms with Crippen molar-refractivity contribution in [3.05, 3.63) is 24.3 Å². The fourth-order valence-electron chi connectivity index (χ4n) is 2.11. The molecular weight excluding hydrogens is 232 g/mol. The Labute approximate surface area is 120 Å². The molecule has 0 bridgehead atoms. The lowest BCUT2D eigenvalue weighted by Crippen LogP contribution is -2.00. The molecule has 0 rings (SSSR count). The molecule has 0 amide bonds. The molecule has 1 nitrogen and oxygen atoms in total. The zero-order chi connectivity index (χ0) is 14.2. The summed E-state index contributed by atoms with van der Waals surface area (Å²) in [6.45, 7) is 4.44. The highest BCUT2D eigenvalue weighted by atomic mass is 16.3. The Morgan fingerprint density at radius 2 is 1.42 bits per heavy atom. The first kappa shape index (κ1) is 18.4. The summed E-state index contributed by atoms with van der Waals surface area (Å²) in [5.41, 5.74) is 0. The Morgan fingerprint density at radius 3 is 2.16 bits per heavy atom. The molecule has 0 aliphatic rings. The molecule has 0 radical (unpaired) electrons. The van der Waals surface area contributed by atoms with Crippen molar-refractivity contribution < 1.29 is 5.11 Å². The number of hydrogen-bond donors (Lipinski definition) is 1. The Morgan fingerprint density at radius 1 is 0.789 bits per heavy atom. The first-order valence-electron chi connectivity index (χ1n) is 8.32. The minimum Gasteiger partial charge on any atom is -0.389 e. The van der Waals surface area contributed by atoms with Crippen LogP contribution in [0.1, 0.15) is 84.5 Å². The summed E-state index contributed by atoms with van der Waals surface area (Å²) < 4.78 is 0. The third kappa shape index (κ3) is 15.4. The number of aliphatic hydroxyl groups is 1. The van der Waals surface area contributed by atoms with E-state index in [-0.39, 0.29) is 6.10 Å². The predicted octanol–water partition coefficient (Wildman–Crippen LogP) is 5.79. The summed E-state index contributed by atoms with van der Waals surface area (Å²) in [6, 6.07) is 0. The number of unbranched alkanes of at least 4 members (excludes halogenated alkanes) is 8. The summed E-state index contributed by atoms with van der Waals surface area (Å²) >= 11 is 0. The molecule has 0 saturated carbocycles. The zero-order valence-corrected chi connectivity index (χ0v) is 13.1. The van der Waals surface area contributed by atoms with Crippen molar-refractivity contribution in [2.24, 2.45) is 0 Å². The molecule has 112 valence electrons. The summed E-state index contributed by atoms with van der Waals surface area (Å²) in [6.07, 6.45) is 21.7. The number of hydrogen-bond acceptors (Lipinski definition) is 1. The van der Waals surface area contributed by atoms with Crippen LogP contribution in [-0.4, -0.2) is 11.2 Å². The molecular formula is C18H34O. The SMILES string of the molecule is CCCCCCCC/C=C\C=C\C(O)CCCCC. The van der Waals surface area contributed by atoms with Crippen LogP contribution in [0, 0.1) is 0 Å². The average Bonchev–Trinajstić information content (AvgIpc) is 2.41. The Bertz CT molecular complexity index is 218. The Balaban J connectivity index is 3.35. The van der Waals surface area contributed by atoms with E-state index in [4.69, 9.17) is 0 Å². The van der Waals surface area contributed by atoms with Gasteiger partial charge in [-0.1, -0.05) is 89.5 Å². The van der Waals surface area contributed by atoms with Crippen molar-refractivity contribution in [2.45, 2.75) is 90.6 Å². The molecule has 0 fully saturated rings. The van der Waals surface area contributed by atoms with Gasteiger partial charge in [0, 0.05) is 0 Å². The van der Waals surface area contributed by atoms with Crippen LogP contribution in [0.2, 0.25) is 0 Å². The third-order valence-electron chi connectivity index (χ3n) is 3.41. The van der Waals surface area contributed by atoms with Crippen LogP contribution < -0.4 is 0 Å². The summed E-state index contributed by atoms with van der Waals surface area (Å²) in [4.78, 5) is 0. The van der Waals surface area contributed by atoms with Crippen molar-refractivity contribution in [2.75, 3.05) is 0 Å². The molecule has 0 saturated heterocycles. The van der Waals surface area contributed by atoms with E-state index in [1.165, 1.54) is 57.8 Å². The zero-order valence-electron chi connectivity index (χ0n) is 13.1. The second-order valence-electron chi connectivity index (χ2n) is 5.43. The number of aliphatic hydroxyl groups excluding tert-OH is 1. The van der Waals surface area contributed by atoms with Gasteiger partial charge in [-0.15, -0.1) is 0 Å². The van der Waals surface area contributed by atoms with Crippen LogP contribution in [0.5, 0.6) is 0 Å². The van der Waals surface area contributed by atoms with Crippen LogP contribution in [0.3, 0.4) is 0 Å². The molecule has 1 heteroatoms. The molecule has 0 aromatic rings. The quantitative estimate of drug-likeness (QED) is 0.330. The highest BCUT2D eigenvalue weighted by Gasteiger charge is 1.96. The molecule has 0 aromatic carbocycles. The van der Waals surface area contributed by atoms with E-state index in [1.54, 1.807) is 0 Å². The van der Waals surface area contributed by atoms with Gasteiger partial charge in [-0.25, -0.2) is 0 Å².